The highest BCUT2D eigenvalue weighted by Crippen LogP contribution is 2.25. The van der Waals surface area contributed by atoms with Crippen LogP contribution in [0.2, 0.25) is 0 Å². The van der Waals surface area contributed by atoms with Crippen molar-refractivity contribution in [2.75, 3.05) is 19.7 Å². The zero-order chi connectivity index (χ0) is 15.1. The Balaban J connectivity index is 3.64. The first kappa shape index (κ1) is 18.4. The van der Waals surface area contributed by atoms with E-state index in [0.29, 0.717) is 0 Å². The smallest absolute Gasteiger partial charge is 0.407 e. The summed E-state index contributed by atoms with van der Waals surface area (Å²) in [6.07, 6.45) is -1.30. The molecule has 0 spiro atoms. The summed E-state index contributed by atoms with van der Waals surface area (Å²) in [7, 11) is 0. The van der Waals surface area contributed by atoms with Crippen LogP contribution in [0.4, 0.5) is 9.59 Å². The first-order valence-electron chi connectivity index (χ1n) is 5.44. The average molecular weight is 336 g/mol. The Kier molecular flexibility index (Phi) is 7.62. The van der Waals surface area contributed by atoms with Crippen LogP contribution in [0.15, 0.2) is 0 Å². The Bertz CT molecular complexity index is 313. The Labute approximate surface area is 127 Å². The molecule has 0 atom stereocenters. The van der Waals surface area contributed by atoms with E-state index >= 15 is 0 Å². The molecular formula is C10H17Cl3N2O4. The van der Waals surface area contributed by atoms with E-state index < -0.39 is 21.6 Å². The van der Waals surface area contributed by atoms with Gasteiger partial charge in [-0.3, -0.25) is 0 Å². The van der Waals surface area contributed by atoms with Crippen molar-refractivity contribution in [3.8, 4) is 0 Å². The van der Waals surface area contributed by atoms with Crippen molar-refractivity contribution in [2.45, 2.75) is 30.2 Å². The van der Waals surface area contributed by atoms with Crippen molar-refractivity contribution in [1.82, 2.24) is 10.6 Å². The van der Waals surface area contributed by atoms with E-state index in [0.717, 1.165) is 0 Å². The topological polar surface area (TPSA) is 76.7 Å². The van der Waals surface area contributed by atoms with Gasteiger partial charge in [0.2, 0.25) is 3.79 Å². The fraction of sp³-hybridized carbons (Fsp3) is 0.800. The van der Waals surface area contributed by atoms with Crippen LogP contribution in [0.5, 0.6) is 0 Å². The summed E-state index contributed by atoms with van der Waals surface area (Å²) in [5.41, 5.74) is -0.569. The van der Waals surface area contributed by atoms with Gasteiger partial charge in [0, 0.05) is 13.1 Å². The lowest BCUT2D eigenvalue weighted by molar-refractivity contribution is 0.0527. The summed E-state index contributed by atoms with van der Waals surface area (Å²) in [6, 6.07) is 0. The lowest BCUT2D eigenvalue weighted by Gasteiger charge is -2.19. The highest BCUT2D eigenvalue weighted by Gasteiger charge is 2.22. The van der Waals surface area contributed by atoms with Gasteiger partial charge in [-0.2, -0.15) is 0 Å². The summed E-state index contributed by atoms with van der Waals surface area (Å²) in [6.45, 7) is 5.25. The molecule has 0 saturated heterocycles. The van der Waals surface area contributed by atoms with Gasteiger partial charge in [-0.25, -0.2) is 9.59 Å². The lowest BCUT2D eigenvalue weighted by atomic mass is 10.2. The highest BCUT2D eigenvalue weighted by atomic mass is 35.6. The number of alkyl carbamates (subject to hydrolysis) is 2. The number of hydrogen-bond acceptors (Lipinski definition) is 4. The molecule has 0 aliphatic rings. The number of amides is 2. The van der Waals surface area contributed by atoms with Crippen molar-refractivity contribution < 1.29 is 19.1 Å². The van der Waals surface area contributed by atoms with Gasteiger partial charge in [-0.15, -0.1) is 0 Å². The number of rotatable bonds is 4. The van der Waals surface area contributed by atoms with Crippen LogP contribution in [-0.2, 0) is 9.47 Å². The molecule has 0 aliphatic carbocycles. The second-order valence-corrected chi connectivity index (χ2v) is 7.06. The monoisotopic (exact) mass is 334 g/mol. The third-order valence-electron chi connectivity index (χ3n) is 1.43. The number of nitrogens with one attached hydrogen (secondary N) is 2. The minimum absolute atomic E-state index is 0.165. The second-order valence-electron chi connectivity index (χ2n) is 4.55. The molecule has 19 heavy (non-hydrogen) atoms. The number of alkyl halides is 3. The molecule has 0 aromatic carbocycles. The largest absolute Gasteiger partial charge is 0.445 e. The van der Waals surface area contributed by atoms with Crippen molar-refractivity contribution in [1.29, 1.82) is 0 Å². The van der Waals surface area contributed by atoms with E-state index in [1.807, 2.05) is 0 Å². The minimum atomic E-state index is -1.65. The predicted octanol–water partition coefficient (Wildman–Crippen LogP) is 2.61. The summed E-state index contributed by atoms with van der Waals surface area (Å²) in [4.78, 5) is 22.3. The van der Waals surface area contributed by atoms with Gasteiger partial charge < -0.3 is 20.1 Å². The molecule has 112 valence electrons. The second kappa shape index (κ2) is 7.87. The number of carbonyl (C=O) groups excluding carboxylic acids is 2. The van der Waals surface area contributed by atoms with E-state index in [9.17, 15) is 9.59 Å². The summed E-state index contributed by atoms with van der Waals surface area (Å²) < 4.78 is 7.95. The normalized spacial score (nSPS) is 11.7. The zero-order valence-corrected chi connectivity index (χ0v) is 13.2. The van der Waals surface area contributed by atoms with Gasteiger partial charge in [0.1, 0.15) is 12.2 Å². The molecular weight excluding hydrogens is 318 g/mol. The predicted molar refractivity (Wildman–Crippen MR) is 73.9 cm³/mol. The fourth-order valence-corrected chi connectivity index (χ4v) is 1.01. The van der Waals surface area contributed by atoms with Crippen LogP contribution in [0.25, 0.3) is 0 Å². The van der Waals surface area contributed by atoms with Gasteiger partial charge >= 0.3 is 12.2 Å². The molecule has 0 bridgehead atoms. The molecule has 2 amide bonds. The maximum absolute atomic E-state index is 11.2. The molecule has 0 aliphatic heterocycles. The molecule has 0 unspecified atom stereocenters. The number of halogens is 3. The lowest BCUT2D eigenvalue weighted by Crippen LogP contribution is -2.38. The van der Waals surface area contributed by atoms with Crippen LogP contribution >= 0.6 is 34.8 Å². The SMILES string of the molecule is CC(C)(C)OC(=O)NCCNC(=O)OCC(Cl)(Cl)Cl. The third-order valence-corrected chi connectivity index (χ3v) is 1.76. The maximum Gasteiger partial charge on any atom is 0.407 e. The van der Waals surface area contributed by atoms with Crippen LogP contribution in [-0.4, -0.2) is 41.3 Å². The van der Waals surface area contributed by atoms with Gasteiger partial charge in [-0.05, 0) is 20.8 Å². The first-order chi connectivity index (χ1) is 8.49. The summed E-state index contributed by atoms with van der Waals surface area (Å²) in [5, 5.41) is 4.82. The molecule has 0 aromatic heterocycles. The van der Waals surface area contributed by atoms with Gasteiger partial charge in [0.25, 0.3) is 0 Å². The fourth-order valence-electron chi connectivity index (χ4n) is 0.842. The molecule has 0 heterocycles. The van der Waals surface area contributed by atoms with Crippen LogP contribution in [0, 0.1) is 0 Å². The van der Waals surface area contributed by atoms with E-state index in [1.165, 1.54) is 0 Å². The Morgan fingerprint density at radius 2 is 1.47 bits per heavy atom. The van der Waals surface area contributed by atoms with Crippen molar-refractivity contribution in [2.24, 2.45) is 0 Å². The van der Waals surface area contributed by atoms with Gasteiger partial charge in [-0.1, -0.05) is 34.8 Å². The molecule has 0 radical (unpaired) electrons. The van der Waals surface area contributed by atoms with Crippen molar-refractivity contribution in [3.05, 3.63) is 0 Å². The van der Waals surface area contributed by atoms with E-state index in [1.54, 1.807) is 20.8 Å². The third kappa shape index (κ3) is 13.6. The molecule has 0 rings (SSSR count). The standard InChI is InChI=1S/C10H17Cl3N2O4/c1-9(2,3)19-8(17)15-5-4-14-7(16)18-6-10(11,12)13/h4-6H2,1-3H3,(H,14,16)(H,15,17). The number of ether oxygens (including phenoxy) is 2. The van der Waals surface area contributed by atoms with Crippen LogP contribution in [0.3, 0.4) is 0 Å². The van der Waals surface area contributed by atoms with E-state index in [-0.39, 0.29) is 19.7 Å². The Morgan fingerprint density at radius 1 is 1.00 bits per heavy atom. The number of hydrogen-bond donors (Lipinski definition) is 2. The molecule has 0 saturated carbocycles. The Morgan fingerprint density at radius 3 is 1.89 bits per heavy atom. The van der Waals surface area contributed by atoms with E-state index in [2.05, 4.69) is 15.4 Å². The molecule has 0 fully saturated rings. The quantitative estimate of drug-likeness (QED) is 0.611. The highest BCUT2D eigenvalue weighted by molar-refractivity contribution is 6.67. The van der Waals surface area contributed by atoms with Gasteiger partial charge in [0.15, 0.2) is 0 Å². The van der Waals surface area contributed by atoms with Crippen LogP contribution < -0.4 is 10.6 Å². The maximum atomic E-state index is 11.2. The average Bonchev–Trinajstić information content (AvgIpc) is 2.18. The van der Waals surface area contributed by atoms with Crippen molar-refractivity contribution in [3.63, 3.8) is 0 Å². The summed E-state index contributed by atoms with van der Waals surface area (Å²) in [5.74, 6) is 0. The van der Waals surface area contributed by atoms with Gasteiger partial charge in [0.05, 0.1) is 0 Å². The zero-order valence-electron chi connectivity index (χ0n) is 10.9. The first-order valence-corrected chi connectivity index (χ1v) is 6.57. The minimum Gasteiger partial charge on any atom is -0.445 e. The van der Waals surface area contributed by atoms with Crippen molar-refractivity contribution >= 4 is 47.0 Å². The molecule has 9 heteroatoms. The molecule has 6 nitrogen and oxygen atoms in total. The summed E-state index contributed by atoms with van der Waals surface area (Å²) >= 11 is 16.2. The molecule has 2 N–H and O–H groups in total. The number of carbonyl (C=O) groups is 2. The van der Waals surface area contributed by atoms with Crippen LogP contribution in [0.1, 0.15) is 20.8 Å². The Hall–Kier alpha value is -0.590. The van der Waals surface area contributed by atoms with E-state index in [4.69, 9.17) is 39.5 Å². The molecule has 0 aromatic rings.